The molecule has 2 amide bonds. The number of thioether (sulfide) groups is 1. The summed E-state index contributed by atoms with van der Waals surface area (Å²) in [5.74, 6) is 0.332. The topological polar surface area (TPSA) is 60.9 Å². The molecule has 1 saturated heterocycles. The van der Waals surface area contributed by atoms with Crippen molar-refractivity contribution in [2.45, 2.75) is 24.3 Å². The summed E-state index contributed by atoms with van der Waals surface area (Å²) in [6.45, 7) is 2.27. The molecule has 0 radical (unpaired) electrons. The number of aliphatic hydroxyl groups excluding tert-OH is 1. The van der Waals surface area contributed by atoms with E-state index >= 15 is 0 Å². The molecule has 1 fully saturated rings. The van der Waals surface area contributed by atoms with Crippen LogP contribution in [0.1, 0.15) is 28.8 Å². The highest BCUT2D eigenvalue weighted by molar-refractivity contribution is 8.00. The summed E-state index contributed by atoms with van der Waals surface area (Å²) in [5, 5.41) is 9.43. The molecule has 1 N–H and O–H groups in total. The van der Waals surface area contributed by atoms with Crippen molar-refractivity contribution in [1.82, 2.24) is 9.80 Å². The average Bonchev–Trinajstić information content (AvgIpc) is 3.27. The van der Waals surface area contributed by atoms with Gasteiger partial charge in [0.05, 0.1) is 17.9 Å². The Morgan fingerprint density at radius 1 is 1.00 bits per heavy atom. The Balaban J connectivity index is 1.71. The number of nitrogens with zero attached hydrogens (tertiary/aromatic N) is 2. The van der Waals surface area contributed by atoms with E-state index in [2.05, 4.69) is 0 Å². The third kappa shape index (κ3) is 5.36. The van der Waals surface area contributed by atoms with Gasteiger partial charge in [-0.2, -0.15) is 0 Å². The predicted octanol–water partition coefficient (Wildman–Crippen LogP) is 3.04. The summed E-state index contributed by atoms with van der Waals surface area (Å²) in [6, 6.07) is 17.1. The third-order valence-electron chi connectivity index (χ3n) is 4.80. The van der Waals surface area contributed by atoms with E-state index in [1.165, 1.54) is 11.8 Å². The van der Waals surface area contributed by atoms with Crippen LogP contribution in [0.5, 0.6) is 0 Å². The molecule has 0 spiro atoms. The lowest BCUT2D eigenvalue weighted by atomic mass is 10.1. The molecule has 0 aromatic heterocycles. The summed E-state index contributed by atoms with van der Waals surface area (Å²) >= 11 is 1.41. The van der Waals surface area contributed by atoms with Crippen molar-refractivity contribution in [3.8, 4) is 0 Å². The quantitative estimate of drug-likeness (QED) is 0.695. The normalized spacial score (nSPS) is 13.5. The van der Waals surface area contributed by atoms with Gasteiger partial charge in [0.2, 0.25) is 5.91 Å². The Bertz CT molecular complexity index is 791. The Hall–Kier alpha value is -2.31. The summed E-state index contributed by atoms with van der Waals surface area (Å²) < 4.78 is 0. The molecule has 1 heterocycles. The zero-order chi connectivity index (χ0) is 19.8. The van der Waals surface area contributed by atoms with Gasteiger partial charge in [0.15, 0.2) is 0 Å². The predicted molar refractivity (Wildman–Crippen MR) is 111 cm³/mol. The molecule has 1 aliphatic rings. The Kier molecular flexibility index (Phi) is 7.51. The number of benzene rings is 2. The van der Waals surface area contributed by atoms with E-state index in [4.69, 9.17) is 0 Å². The minimum Gasteiger partial charge on any atom is -0.395 e. The fraction of sp³-hybridized carbons (Fsp3) is 0.364. The van der Waals surface area contributed by atoms with Gasteiger partial charge >= 0.3 is 0 Å². The van der Waals surface area contributed by atoms with Crippen molar-refractivity contribution in [3.05, 3.63) is 65.7 Å². The second kappa shape index (κ2) is 10.3. The van der Waals surface area contributed by atoms with Crippen LogP contribution in [-0.2, 0) is 11.3 Å². The van der Waals surface area contributed by atoms with Crippen LogP contribution in [0.25, 0.3) is 0 Å². The smallest absolute Gasteiger partial charge is 0.255 e. The number of carbonyl (C=O) groups is 2. The lowest BCUT2D eigenvalue weighted by Crippen LogP contribution is -2.33. The Labute approximate surface area is 170 Å². The maximum atomic E-state index is 13.2. The van der Waals surface area contributed by atoms with Crippen LogP contribution in [0, 0.1) is 0 Å². The third-order valence-corrected chi connectivity index (χ3v) is 5.86. The zero-order valence-corrected chi connectivity index (χ0v) is 16.7. The molecule has 148 valence electrons. The summed E-state index contributed by atoms with van der Waals surface area (Å²) in [6.07, 6.45) is 2.14. The average molecular weight is 399 g/mol. The van der Waals surface area contributed by atoms with Gasteiger partial charge < -0.3 is 14.9 Å². The molecule has 0 unspecified atom stereocenters. The van der Waals surface area contributed by atoms with E-state index in [1.807, 2.05) is 53.4 Å². The first-order valence-corrected chi connectivity index (χ1v) is 10.6. The van der Waals surface area contributed by atoms with Crippen molar-refractivity contribution < 1.29 is 14.7 Å². The van der Waals surface area contributed by atoms with Crippen LogP contribution in [-0.4, -0.2) is 58.7 Å². The second-order valence-electron chi connectivity index (χ2n) is 6.81. The lowest BCUT2D eigenvalue weighted by Gasteiger charge is -2.23. The molecular formula is C22H26N2O3S. The van der Waals surface area contributed by atoms with Crippen molar-refractivity contribution >= 4 is 23.6 Å². The second-order valence-corrected chi connectivity index (χ2v) is 7.83. The first-order valence-electron chi connectivity index (χ1n) is 9.62. The molecule has 28 heavy (non-hydrogen) atoms. The fourth-order valence-corrected chi connectivity index (χ4v) is 4.26. The molecule has 0 atom stereocenters. The van der Waals surface area contributed by atoms with Gasteiger partial charge in [-0.05, 0) is 30.5 Å². The van der Waals surface area contributed by atoms with Crippen LogP contribution >= 0.6 is 11.8 Å². The van der Waals surface area contributed by atoms with E-state index in [1.54, 1.807) is 11.0 Å². The van der Waals surface area contributed by atoms with E-state index in [0.717, 1.165) is 36.4 Å². The van der Waals surface area contributed by atoms with Gasteiger partial charge in [-0.15, -0.1) is 11.8 Å². The number of aliphatic hydroxyl groups is 1. The highest BCUT2D eigenvalue weighted by Gasteiger charge is 2.21. The zero-order valence-electron chi connectivity index (χ0n) is 15.9. The van der Waals surface area contributed by atoms with Gasteiger partial charge in [0.1, 0.15) is 0 Å². The molecule has 0 aliphatic carbocycles. The Morgan fingerprint density at radius 3 is 2.39 bits per heavy atom. The minimum atomic E-state index is -0.130. The first-order chi connectivity index (χ1) is 13.7. The van der Waals surface area contributed by atoms with Crippen molar-refractivity contribution in [2.75, 3.05) is 32.0 Å². The lowest BCUT2D eigenvalue weighted by molar-refractivity contribution is -0.127. The maximum Gasteiger partial charge on any atom is 0.255 e. The largest absolute Gasteiger partial charge is 0.395 e. The van der Waals surface area contributed by atoms with E-state index in [-0.39, 0.29) is 25.0 Å². The van der Waals surface area contributed by atoms with Crippen LogP contribution in [0.15, 0.2) is 59.5 Å². The molecule has 3 rings (SSSR count). The van der Waals surface area contributed by atoms with Gasteiger partial charge in [0.25, 0.3) is 5.91 Å². The number of likely N-dealkylation sites (tertiary alicyclic amines) is 1. The number of hydrogen-bond donors (Lipinski definition) is 1. The van der Waals surface area contributed by atoms with Gasteiger partial charge in [-0.25, -0.2) is 0 Å². The molecule has 6 heteroatoms. The number of carbonyl (C=O) groups excluding carboxylic acids is 2. The minimum absolute atomic E-state index is 0.0959. The molecule has 2 aromatic rings. The molecule has 1 aliphatic heterocycles. The van der Waals surface area contributed by atoms with Gasteiger partial charge in [-0.3, -0.25) is 9.59 Å². The monoisotopic (exact) mass is 398 g/mol. The van der Waals surface area contributed by atoms with Crippen LogP contribution < -0.4 is 0 Å². The molecule has 5 nitrogen and oxygen atoms in total. The van der Waals surface area contributed by atoms with E-state index in [9.17, 15) is 14.7 Å². The number of hydrogen-bond acceptors (Lipinski definition) is 4. The standard InChI is InChI=1S/C22H26N2O3S/c25-15-14-24(16-18-8-2-1-3-9-18)22(27)19-10-4-5-11-20(19)28-17-21(26)23-12-6-7-13-23/h1-5,8-11,25H,6-7,12-17H2. The first kappa shape index (κ1) is 20.4. The summed E-state index contributed by atoms with van der Waals surface area (Å²) in [5.41, 5.74) is 1.59. The highest BCUT2D eigenvalue weighted by atomic mass is 32.2. The number of rotatable bonds is 8. The SMILES string of the molecule is O=C(CSc1ccccc1C(=O)N(CCO)Cc1ccccc1)N1CCCC1. The van der Waals surface area contributed by atoms with Crippen molar-refractivity contribution in [1.29, 1.82) is 0 Å². The fourth-order valence-electron chi connectivity index (χ4n) is 3.31. The van der Waals surface area contributed by atoms with Crippen LogP contribution in [0.3, 0.4) is 0 Å². The van der Waals surface area contributed by atoms with Gasteiger partial charge in [0, 0.05) is 31.1 Å². The van der Waals surface area contributed by atoms with E-state index < -0.39 is 0 Å². The van der Waals surface area contributed by atoms with Crippen molar-refractivity contribution in [3.63, 3.8) is 0 Å². The summed E-state index contributed by atoms with van der Waals surface area (Å²) in [7, 11) is 0. The molecular weight excluding hydrogens is 372 g/mol. The van der Waals surface area contributed by atoms with Crippen LogP contribution in [0.4, 0.5) is 0 Å². The van der Waals surface area contributed by atoms with E-state index in [0.29, 0.717) is 17.9 Å². The number of amides is 2. The van der Waals surface area contributed by atoms with Gasteiger partial charge in [-0.1, -0.05) is 42.5 Å². The van der Waals surface area contributed by atoms with Crippen molar-refractivity contribution in [2.24, 2.45) is 0 Å². The highest BCUT2D eigenvalue weighted by Crippen LogP contribution is 2.25. The van der Waals surface area contributed by atoms with Crippen LogP contribution in [0.2, 0.25) is 0 Å². The maximum absolute atomic E-state index is 13.2. The Morgan fingerprint density at radius 2 is 1.68 bits per heavy atom. The molecule has 2 aromatic carbocycles. The molecule has 0 bridgehead atoms. The summed E-state index contributed by atoms with van der Waals surface area (Å²) in [4.78, 5) is 29.9. The molecule has 0 saturated carbocycles.